The van der Waals surface area contributed by atoms with E-state index in [4.69, 9.17) is 0 Å². The highest BCUT2D eigenvalue weighted by Crippen LogP contribution is 2.23. The second-order valence-electron chi connectivity index (χ2n) is 5.73. The molecule has 20 heavy (non-hydrogen) atoms. The Kier molecular flexibility index (Phi) is 8.55. The lowest BCUT2D eigenvalue weighted by atomic mass is 10.1. The highest BCUT2D eigenvalue weighted by atomic mass is 35.5. The van der Waals surface area contributed by atoms with Crippen LogP contribution in [0, 0.1) is 0 Å². The Labute approximate surface area is 133 Å². The van der Waals surface area contributed by atoms with Crippen molar-refractivity contribution in [1.29, 1.82) is 0 Å². The zero-order chi connectivity index (χ0) is 13.5. The minimum absolute atomic E-state index is 0. The smallest absolute Gasteiger partial charge is 0.264 e. The van der Waals surface area contributed by atoms with E-state index in [9.17, 15) is 4.79 Å². The molecule has 116 valence electrons. The van der Waals surface area contributed by atoms with Gasteiger partial charge >= 0.3 is 0 Å². The Morgan fingerprint density at radius 2 is 1.65 bits per heavy atom. The zero-order valence-electron chi connectivity index (χ0n) is 12.7. The lowest BCUT2D eigenvalue weighted by molar-refractivity contribution is 0.551. The van der Waals surface area contributed by atoms with Gasteiger partial charge in [-0.15, -0.1) is 12.4 Å². The Morgan fingerprint density at radius 1 is 1.00 bits per heavy atom. The van der Waals surface area contributed by atoms with Gasteiger partial charge in [0.05, 0.1) is 0 Å². The van der Waals surface area contributed by atoms with Crippen molar-refractivity contribution in [3.8, 4) is 0 Å². The number of fused-ring (bicyclic) bond motifs is 1. The number of aromatic nitrogens is 1. The Balaban J connectivity index is 0.00000200. The minimum Gasteiger partial charge on any atom is -0.268 e. The summed E-state index contributed by atoms with van der Waals surface area (Å²) in [7, 11) is 0. The lowest BCUT2D eigenvalue weighted by Crippen LogP contribution is -2.16. The summed E-state index contributed by atoms with van der Waals surface area (Å²) in [6.07, 6.45) is 14.0. The number of rotatable bonds is 9. The summed E-state index contributed by atoms with van der Waals surface area (Å²) in [4.78, 5) is 13.4. The first kappa shape index (κ1) is 17.8. The molecule has 2 rings (SSSR count). The largest absolute Gasteiger partial charge is 0.268 e. The molecule has 0 saturated heterocycles. The van der Waals surface area contributed by atoms with E-state index in [1.807, 2.05) is 3.96 Å². The van der Waals surface area contributed by atoms with Gasteiger partial charge in [0, 0.05) is 17.0 Å². The standard InChI is InChI=1S/C16H27NOS.ClH/c1-2-3-4-5-6-7-8-9-13-17-16(18)14-11-10-12-15(14)19-17;/h2-13H2,1H3;1H. The zero-order valence-corrected chi connectivity index (χ0v) is 14.3. The fraction of sp³-hybridized carbons (Fsp3) is 0.812. The summed E-state index contributed by atoms with van der Waals surface area (Å²) in [5.74, 6) is 0. The van der Waals surface area contributed by atoms with Crippen LogP contribution >= 0.6 is 23.9 Å². The van der Waals surface area contributed by atoms with E-state index in [1.54, 1.807) is 11.5 Å². The van der Waals surface area contributed by atoms with Gasteiger partial charge in [-0.2, -0.15) is 0 Å². The minimum atomic E-state index is 0. The fourth-order valence-corrected chi connectivity index (χ4v) is 4.12. The summed E-state index contributed by atoms with van der Waals surface area (Å²) >= 11 is 1.73. The molecule has 0 amide bonds. The molecule has 1 heterocycles. The number of unbranched alkanes of at least 4 members (excludes halogenated alkanes) is 7. The normalized spacial score (nSPS) is 13.2. The van der Waals surface area contributed by atoms with Crippen LogP contribution in [0.3, 0.4) is 0 Å². The first-order valence-corrected chi connectivity index (χ1v) is 8.82. The Morgan fingerprint density at radius 3 is 2.30 bits per heavy atom. The summed E-state index contributed by atoms with van der Waals surface area (Å²) in [6.45, 7) is 3.21. The Bertz CT molecular complexity index is 438. The lowest BCUT2D eigenvalue weighted by Gasteiger charge is -2.02. The van der Waals surface area contributed by atoms with Crippen LogP contribution in [0.2, 0.25) is 0 Å². The van der Waals surface area contributed by atoms with Crippen LogP contribution in [0.4, 0.5) is 0 Å². The number of halogens is 1. The van der Waals surface area contributed by atoms with Gasteiger partial charge in [-0.25, -0.2) is 0 Å². The van der Waals surface area contributed by atoms with Crippen molar-refractivity contribution in [3.05, 3.63) is 20.8 Å². The van der Waals surface area contributed by atoms with Crippen LogP contribution in [0.5, 0.6) is 0 Å². The first-order valence-electron chi connectivity index (χ1n) is 8.04. The summed E-state index contributed by atoms with van der Waals surface area (Å²) in [5, 5.41) is 0. The summed E-state index contributed by atoms with van der Waals surface area (Å²) in [5.41, 5.74) is 1.45. The monoisotopic (exact) mass is 317 g/mol. The second kappa shape index (κ2) is 9.62. The molecule has 1 aliphatic rings. The van der Waals surface area contributed by atoms with E-state index < -0.39 is 0 Å². The topological polar surface area (TPSA) is 22.0 Å². The maximum atomic E-state index is 12.1. The first-order chi connectivity index (χ1) is 9.33. The maximum Gasteiger partial charge on any atom is 0.264 e. The van der Waals surface area contributed by atoms with Crippen LogP contribution in [-0.2, 0) is 19.4 Å². The van der Waals surface area contributed by atoms with Crippen LogP contribution in [0.15, 0.2) is 4.79 Å². The van der Waals surface area contributed by atoms with E-state index >= 15 is 0 Å². The third-order valence-electron chi connectivity index (χ3n) is 4.09. The molecular formula is C16H28ClNOS. The van der Waals surface area contributed by atoms with Gasteiger partial charge in [-0.1, -0.05) is 63.4 Å². The quantitative estimate of drug-likeness (QED) is 0.590. The van der Waals surface area contributed by atoms with Crippen molar-refractivity contribution in [3.63, 3.8) is 0 Å². The van der Waals surface area contributed by atoms with Gasteiger partial charge in [0.15, 0.2) is 0 Å². The van der Waals surface area contributed by atoms with E-state index in [-0.39, 0.29) is 12.4 Å². The molecular weight excluding hydrogens is 290 g/mol. The molecule has 0 unspecified atom stereocenters. The van der Waals surface area contributed by atoms with Gasteiger partial charge in [0.25, 0.3) is 5.56 Å². The van der Waals surface area contributed by atoms with Crippen LogP contribution < -0.4 is 5.56 Å². The number of hydrogen-bond donors (Lipinski definition) is 0. The molecule has 1 aromatic heterocycles. The molecule has 2 nitrogen and oxygen atoms in total. The van der Waals surface area contributed by atoms with Crippen molar-refractivity contribution < 1.29 is 0 Å². The highest BCUT2D eigenvalue weighted by molar-refractivity contribution is 7.06. The molecule has 0 fully saturated rings. The highest BCUT2D eigenvalue weighted by Gasteiger charge is 2.19. The Hall–Kier alpha value is -0.280. The van der Waals surface area contributed by atoms with Crippen molar-refractivity contribution in [2.45, 2.75) is 84.1 Å². The average Bonchev–Trinajstić information content (AvgIpc) is 2.97. The molecule has 0 aliphatic heterocycles. The number of hydrogen-bond acceptors (Lipinski definition) is 2. The summed E-state index contributed by atoms with van der Waals surface area (Å²) in [6, 6.07) is 0. The van der Waals surface area contributed by atoms with Crippen LogP contribution in [0.25, 0.3) is 0 Å². The van der Waals surface area contributed by atoms with Crippen molar-refractivity contribution in [2.75, 3.05) is 0 Å². The molecule has 1 aliphatic carbocycles. The molecule has 1 aromatic rings. The average molecular weight is 318 g/mol. The van der Waals surface area contributed by atoms with Crippen molar-refractivity contribution in [1.82, 2.24) is 3.96 Å². The molecule has 0 saturated carbocycles. The summed E-state index contributed by atoms with van der Waals surface area (Å²) < 4.78 is 2.00. The van der Waals surface area contributed by atoms with Crippen molar-refractivity contribution >= 4 is 23.9 Å². The molecule has 0 radical (unpaired) electrons. The van der Waals surface area contributed by atoms with Gasteiger partial charge in [0.2, 0.25) is 0 Å². The third-order valence-corrected chi connectivity index (χ3v) is 5.33. The van der Waals surface area contributed by atoms with Gasteiger partial charge in [0.1, 0.15) is 0 Å². The van der Waals surface area contributed by atoms with Gasteiger partial charge < -0.3 is 0 Å². The van der Waals surface area contributed by atoms with Gasteiger partial charge in [-0.3, -0.25) is 8.75 Å². The van der Waals surface area contributed by atoms with Crippen LogP contribution in [0.1, 0.15) is 75.2 Å². The van der Waals surface area contributed by atoms with E-state index in [0.29, 0.717) is 5.56 Å². The van der Waals surface area contributed by atoms with E-state index in [1.165, 1.54) is 62.7 Å². The molecule has 0 spiro atoms. The predicted octanol–water partition coefficient (Wildman–Crippen LogP) is 4.96. The number of nitrogens with zero attached hydrogens (tertiary/aromatic N) is 1. The molecule has 0 aromatic carbocycles. The molecule has 0 bridgehead atoms. The van der Waals surface area contributed by atoms with Gasteiger partial charge in [-0.05, 0) is 25.7 Å². The SMILES string of the molecule is CCCCCCCCCCn1sc2c(c1=O)CCC2.Cl. The second-order valence-corrected chi connectivity index (χ2v) is 6.84. The van der Waals surface area contributed by atoms with Crippen molar-refractivity contribution in [2.24, 2.45) is 0 Å². The third kappa shape index (κ3) is 4.92. The number of aryl methyl sites for hydroxylation is 2. The molecule has 4 heteroatoms. The molecule has 0 N–H and O–H groups in total. The fourth-order valence-electron chi connectivity index (χ4n) is 2.90. The van der Waals surface area contributed by atoms with Crippen LogP contribution in [-0.4, -0.2) is 3.96 Å². The maximum absolute atomic E-state index is 12.1. The molecule has 0 atom stereocenters. The van der Waals surface area contributed by atoms with E-state index in [2.05, 4.69) is 6.92 Å². The van der Waals surface area contributed by atoms with E-state index in [0.717, 1.165) is 24.9 Å². The predicted molar refractivity (Wildman–Crippen MR) is 90.5 cm³/mol.